The fourth-order valence-corrected chi connectivity index (χ4v) is 2.76. The Balaban J connectivity index is 2.35. The Morgan fingerprint density at radius 1 is 1.25 bits per heavy atom. The third-order valence-corrected chi connectivity index (χ3v) is 3.81. The van der Waals surface area contributed by atoms with Crippen molar-refractivity contribution in [3.63, 3.8) is 0 Å². The van der Waals surface area contributed by atoms with Gasteiger partial charge in [-0.3, -0.25) is 0 Å². The minimum atomic E-state index is 0.130. The highest BCUT2D eigenvalue weighted by Gasteiger charge is 2.32. The van der Waals surface area contributed by atoms with Crippen molar-refractivity contribution in [1.29, 1.82) is 5.26 Å². The molecule has 0 saturated heterocycles. The van der Waals surface area contributed by atoms with Gasteiger partial charge in [-0.05, 0) is 30.5 Å². The van der Waals surface area contributed by atoms with Gasteiger partial charge in [0.05, 0.1) is 11.6 Å². The van der Waals surface area contributed by atoms with E-state index >= 15 is 0 Å². The van der Waals surface area contributed by atoms with Crippen LogP contribution < -0.4 is 5.73 Å². The van der Waals surface area contributed by atoms with E-state index < -0.39 is 0 Å². The quantitative estimate of drug-likeness (QED) is 0.823. The lowest BCUT2D eigenvalue weighted by molar-refractivity contribution is 0.301. The van der Waals surface area contributed by atoms with Crippen LogP contribution in [0.2, 0.25) is 0 Å². The first-order valence-electron chi connectivity index (χ1n) is 6.01. The van der Waals surface area contributed by atoms with E-state index in [2.05, 4.69) is 12.1 Å². The van der Waals surface area contributed by atoms with Gasteiger partial charge in [0.1, 0.15) is 0 Å². The maximum Gasteiger partial charge on any atom is 0.0991 e. The minimum absolute atomic E-state index is 0.130. The molecule has 1 aliphatic carbocycles. The Hall–Kier alpha value is -1.33. The second-order valence-corrected chi connectivity index (χ2v) is 4.74. The minimum Gasteiger partial charge on any atom is -0.330 e. The molecule has 0 radical (unpaired) electrons. The molecule has 2 N–H and O–H groups in total. The molecule has 0 aliphatic heterocycles. The number of nitrogens with zero attached hydrogens (tertiary/aromatic N) is 1. The molecule has 2 nitrogen and oxygen atoms in total. The lowest BCUT2D eigenvalue weighted by Gasteiger charge is -2.36. The summed E-state index contributed by atoms with van der Waals surface area (Å²) in [5, 5.41) is 8.94. The highest BCUT2D eigenvalue weighted by Crippen LogP contribution is 2.38. The summed E-state index contributed by atoms with van der Waals surface area (Å²) in [6.07, 6.45) is 6.17. The van der Waals surface area contributed by atoms with Gasteiger partial charge < -0.3 is 5.73 Å². The molecule has 0 heterocycles. The summed E-state index contributed by atoms with van der Waals surface area (Å²) >= 11 is 0. The van der Waals surface area contributed by atoms with E-state index in [1.807, 2.05) is 18.2 Å². The number of hydrogen-bond acceptors (Lipinski definition) is 2. The summed E-state index contributed by atoms with van der Waals surface area (Å²) in [5.41, 5.74) is 8.11. The summed E-state index contributed by atoms with van der Waals surface area (Å²) in [7, 11) is 0. The first kappa shape index (κ1) is 11.2. The SMILES string of the molecule is N#Cc1cccc(C2(CN)CCCCC2)c1. The van der Waals surface area contributed by atoms with Gasteiger partial charge in [-0.25, -0.2) is 0 Å². The Bertz CT molecular complexity index is 397. The van der Waals surface area contributed by atoms with Crippen LogP contribution in [-0.4, -0.2) is 6.54 Å². The van der Waals surface area contributed by atoms with Crippen molar-refractivity contribution >= 4 is 0 Å². The van der Waals surface area contributed by atoms with Crippen LogP contribution >= 0.6 is 0 Å². The molecule has 2 heteroatoms. The Kier molecular flexibility index (Phi) is 3.26. The number of hydrogen-bond donors (Lipinski definition) is 1. The summed E-state index contributed by atoms with van der Waals surface area (Å²) < 4.78 is 0. The Labute approximate surface area is 97.1 Å². The first-order chi connectivity index (χ1) is 7.80. The number of benzene rings is 1. The van der Waals surface area contributed by atoms with Crippen LogP contribution in [0.1, 0.15) is 43.2 Å². The monoisotopic (exact) mass is 214 g/mol. The van der Waals surface area contributed by atoms with Crippen LogP contribution in [0.15, 0.2) is 24.3 Å². The predicted molar refractivity (Wildman–Crippen MR) is 65.0 cm³/mol. The topological polar surface area (TPSA) is 49.8 Å². The van der Waals surface area contributed by atoms with Crippen LogP contribution in [-0.2, 0) is 5.41 Å². The smallest absolute Gasteiger partial charge is 0.0991 e. The molecule has 1 aromatic rings. The highest BCUT2D eigenvalue weighted by molar-refractivity contribution is 5.37. The van der Waals surface area contributed by atoms with Crippen molar-refractivity contribution in [2.24, 2.45) is 5.73 Å². The molecule has 84 valence electrons. The van der Waals surface area contributed by atoms with Gasteiger partial charge in [-0.15, -0.1) is 0 Å². The number of rotatable bonds is 2. The van der Waals surface area contributed by atoms with Crippen molar-refractivity contribution in [3.05, 3.63) is 35.4 Å². The molecule has 0 aromatic heterocycles. The largest absolute Gasteiger partial charge is 0.330 e. The zero-order chi connectivity index (χ0) is 11.4. The molecule has 0 atom stereocenters. The van der Waals surface area contributed by atoms with Crippen molar-refractivity contribution < 1.29 is 0 Å². The van der Waals surface area contributed by atoms with Crippen LogP contribution in [0.5, 0.6) is 0 Å². The third kappa shape index (κ3) is 1.96. The van der Waals surface area contributed by atoms with Crippen molar-refractivity contribution in [1.82, 2.24) is 0 Å². The van der Waals surface area contributed by atoms with Crippen LogP contribution in [0.4, 0.5) is 0 Å². The molecule has 0 bridgehead atoms. The van der Waals surface area contributed by atoms with E-state index in [1.54, 1.807) is 0 Å². The molecular formula is C14H18N2. The van der Waals surface area contributed by atoms with E-state index in [0.717, 1.165) is 5.56 Å². The van der Waals surface area contributed by atoms with Gasteiger partial charge in [0.25, 0.3) is 0 Å². The molecule has 2 rings (SSSR count). The molecule has 0 unspecified atom stereocenters. The van der Waals surface area contributed by atoms with E-state index in [4.69, 9.17) is 11.0 Å². The molecule has 1 aromatic carbocycles. The van der Waals surface area contributed by atoms with Gasteiger partial charge in [0, 0.05) is 12.0 Å². The highest BCUT2D eigenvalue weighted by atomic mass is 14.6. The third-order valence-electron chi connectivity index (χ3n) is 3.81. The molecule has 0 spiro atoms. The number of nitrogens with two attached hydrogens (primary N) is 1. The number of nitriles is 1. The average Bonchev–Trinajstić information content (AvgIpc) is 2.39. The van der Waals surface area contributed by atoms with Crippen LogP contribution in [0.3, 0.4) is 0 Å². The predicted octanol–water partition coefficient (Wildman–Crippen LogP) is 2.72. The normalized spacial score (nSPS) is 19.0. The summed E-state index contributed by atoms with van der Waals surface area (Å²) in [5.74, 6) is 0. The lowest BCUT2D eigenvalue weighted by Crippen LogP contribution is -2.37. The van der Waals surface area contributed by atoms with Gasteiger partial charge >= 0.3 is 0 Å². The fourth-order valence-electron chi connectivity index (χ4n) is 2.76. The van der Waals surface area contributed by atoms with Crippen molar-refractivity contribution in [2.45, 2.75) is 37.5 Å². The standard InChI is InChI=1S/C14H18N2/c15-10-12-5-4-6-13(9-12)14(11-16)7-2-1-3-8-14/h4-6,9H,1-3,7-8,11,16H2. The first-order valence-corrected chi connectivity index (χ1v) is 6.01. The average molecular weight is 214 g/mol. The molecule has 1 saturated carbocycles. The molecule has 1 aliphatic rings. The maximum absolute atomic E-state index is 8.94. The van der Waals surface area contributed by atoms with E-state index in [9.17, 15) is 0 Å². The molecule has 1 fully saturated rings. The van der Waals surface area contributed by atoms with Crippen LogP contribution in [0, 0.1) is 11.3 Å². The van der Waals surface area contributed by atoms with E-state index in [1.165, 1.54) is 37.7 Å². The van der Waals surface area contributed by atoms with Gasteiger partial charge in [-0.1, -0.05) is 31.4 Å². The van der Waals surface area contributed by atoms with E-state index in [-0.39, 0.29) is 5.41 Å². The molecular weight excluding hydrogens is 196 g/mol. The van der Waals surface area contributed by atoms with Crippen molar-refractivity contribution in [2.75, 3.05) is 6.54 Å². The van der Waals surface area contributed by atoms with Crippen molar-refractivity contribution in [3.8, 4) is 6.07 Å². The summed E-state index contributed by atoms with van der Waals surface area (Å²) in [6.45, 7) is 0.696. The molecule has 0 amide bonds. The second kappa shape index (κ2) is 4.67. The second-order valence-electron chi connectivity index (χ2n) is 4.74. The fraction of sp³-hybridized carbons (Fsp3) is 0.500. The summed E-state index contributed by atoms with van der Waals surface area (Å²) in [6, 6.07) is 10.2. The van der Waals surface area contributed by atoms with E-state index in [0.29, 0.717) is 6.54 Å². The van der Waals surface area contributed by atoms with Gasteiger partial charge in [0.2, 0.25) is 0 Å². The zero-order valence-corrected chi connectivity index (χ0v) is 9.58. The molecule has 16 heavy (non-hydrogen) atoms. The zero-order valence-electron chi connectivity index (χ0n) is 9.58. The Morgan fingerprint density at radius 2 is 2.00 bits per heavy atom. The van der Waals surface area contributed by atoms with Crippen LogP contribution in [0.25, 0.3) is 0 Å². The lowest BCUT2D eigenvalue weighted by atomic mass is 9.69. The Morgan fingerprint density at radius 3 is 2.62 bits per heavy atom. The van der Waals surface area contributed by atoms with Gasteiger partial charge in [0.15, 0.2) is 0 Å². The van der Waals surface area contributed by atoms with Gasteiger partial charge in [-0.2, -0.15) is 5.26 Å². The summed E-state index contributed by atoms with van der Waals surface area (Å²) in [4.78, 5) is 0. The maximum atomic E-state index is 8.94.